The lowest BCUT2D eigenvalue weighted by Gasteiger charge is -2.09. The molecule has 2 aromatic heterocycles. The van der Waals surface area contributed by atoms with Gasteiger partial charge in [-0.3, -0.25) is 4.40 Å². The van der Waals surface area contributed by atoms with E-state index in [1.165, 1.54) is 34.7 Å². The van der Waals surface area contributed by atoms with Crippen LogP contribution in [0.5, 0.6) is 11.5 Å². The summed E-state index contributed by atoms with van der Waals surface area (Å²) in [5.74, 6) is -0.191. The molecule has 0 aliphatic carbocycles. The summed E-state index contributed by atoms with van der Waals surface area (Å²) < 4.78 is 40.9. The van der Waals surface area contributed by atoms with E-state index in [0.29, 0.717) is 11.1 Å². The van der Waals surface area contributed by atoms with E-state index >= 15 is 0 Å². The highest BCUT2D eigenvalue weighted by atomic mass is 35.5. The first-order chi connectivity index (χ1) is 13.3. The van der Waals surface area contributed by atoms with E-state index in [-0.39, 0.29) is 33.6 Å². The summed E-state index contributed by atoms with van der Waals surface area (Å²) in [7, 11) is 0. The summed E-state index contributed by atoms with van der Waals surface area (Å²) in [5, 5.41) is 20.7. The number of halogens is 4. The molecule has 0 spiro atoms. The lowest BCUT2D eigenvalue weighted by Crippen LogP contribution is -2.06. The second kappa shape index (κ2) is 6.45. The Morgan fingerprint density at radius 2 is 1.64 bits per heavy atom. The maximum Gasteiger partial charge on any atom is 0.417 e. The van der Waals surface area contributed by atoms with Crippen LogP contribution in [0.4, 0.5) is 13.2 Å². The van der Waals surface area contributed by atoms with Crippen molar-refractivity contribution in [2.24, 2.45) is 0 Å². The molecule has 0 atom stereocenters. The van der Waals surface area contributed by atoms with Crippen molar-refractivity contribution < 1.29 is 23.4 Å². The minimum Gasteiger partial charge on any atom is -0.507 e. The van der Waals surface area contributed by atoms with Gasteiger partial charge in [-0.1, -0.05) is 23.7 Å². The second-order valence-corrected chi connectivity index (χ2v) is 6.57. The Bertz CT molecular complexity index is 1200. The quantitative estimate of drug-likeness (QED) is 0.447. The molecule has 0 aliphatic rings. The number of phenols is 2. The van der Waals surface area contributed by atoms with Crippen molar-refractivity contribution in [3.05, 3.63) is 71.4 Å². The molecule has 0 saturated heterocycles. The van der Waals surface area contributed by atoms with Crippen molar-refractivity contribution in [2.75, 3.05) is 0 Å². The smallest absolute Gasteiger partial charge is 0.417 e. The molecule has 2 aromatic carbocycles. The first-order valence-corrected chi connectivity index (χ1v) is 8.50. The number of nitrogens with zero attached hydrogens (tertiary/aromatic N) is 2. The van der Waals surface area contributed by atoms with Gasteiger partial charge in [-0.2, -0.15) is 13.2 Å². The highest BCUT2D eigenvalue weighted by molar-refractivity contribution is 6.30. The molecular formula is C20H12ClF3N2O2. The Labute approximate surface area is 162 Å². The molecule has 0 radical (unpaired) electrons. The fourth-order valence-corrected chi connectivity index (χ4v) is 3.18. The Morgan fingerprint density at radius 1 is 0.893 bits per heavy atom. The van der Waals surface area contributed by atoms with Gasteiger partial charge in [-0.15, -0.1) is 0 Å². The minimum absolute atomic E-state index is 0.0609. The maximum atomic E-state index is 13.2. The number of benzene rings is 2. The number of hydrogen-bond donors (Lipinski definition) is 2. The molecule has 4 rings (SSSR count). The lowest BCUT2D eigenvalue weighted by atomic mass is 10.1. The van der Waals surface area contributed by atoms with E-state index < -0.39 is 11.7 Å². The van der Waals surface area contributed by atoms with Gasteiger partial charge >= 0.3 is 6.18 Å². The second-order valence-electron chi connectivity index (χ2n) is 6.13. The zero-order valence-corrected chi connectivity index (χ0v) is 14.8. The van der Waals surface area contributed by atoms with Crippen molar-refractivity contribution in [1.82, 2.24) is 9.38 Å². The van der Waals surface area contributed by atoms with E-state index in [0.717, 1.165) is 12.3 Å². The average molecular weight is 405 g/mol. The van der Waals surface area contributed by atoms with Crippen LogP contribution in [0.2, 0.25) is 5.02 Å². The molecule has 142 valence electrons. The third-order valence-electron chi connectivity index (χ3n) is 4.32. The summed E-state index contributed by atoms with van der Waals surface area (Å²) >= 11 is 5.86. The predicted molar refractivity (Wildman–Crippen MR) is 99.4 cm³/mol. The van der Waals surface area contributed by atoms with Crippen molar-refractivity contribution in [1.29, 1.82) is 0 Å². The Morgan fingerprint density at radius 3 is 2.32 bits per heavy atom. The normalized spacial score (nSPS) is 11.9. The van der Waals surface area contributed by atoms with Gasteiger partial charge in [0.1, 0.15) is 23.0 Å². The van der Waals surface area contributed by atoms with Crippen LogP contribution < -0.4 is 0 Å². The first-order valence-electron chi connectivity index (χ1n) is 8.12. The number of phenolic OH excluding ortho intramolecular Hbond substituents is 2. The number of aromatic nitrogens is 2. The Balaban J connectivity index is 2.06. The minimum atomic E-state index is -4.55. The molecule has 28 heavy (non-hydrogen) atoms. The van der Waals surface area contributed by atoms with Crippen LogP contribution in [0.15, 0.2) is 60.8 Å². The van der Waals surface area contributed by atoms with E-state index in [9.17, 15) is 23.4 Å². The largest absolute Gasteiger partial charge is 0.507 e. The monoisotopic (exact) mass is 404 g/mol. The molecule has 4 nitrogen and oxygen atoms in total. The maximum absolute atomic E-state index is 13.2. The molecule has 0 aliphatic heterocycles. The van der Waals surface area contributed by atoms with Gasteiger partial charge in [-0.05, 0) is 42.5 Å². The Kier molecular flexibility index (Phi) is 4.19. The lowest BCUT2D eigenvalue weighted by molar-refractivity contribution is -0.137. The van der Waals surface area contributed by atoms with Gasteiger partial charge in [0, 0.05) is 16.8 Å². The third-order valence-corrected chi connectivity index (χ3v) is 4.56. The molecule has 0 amide bonds. The first kappa shape index (κ1) is 18.2. The SMILES string of the molecule is Oc1ccccc1-c1nc(-c2ccc(Cl)cc2O)n2cc(C(F)(F)F)ccc12. The van der Waals surface area contributed by atoms with Crippen LogP contribution in [0, 0.1) is 0 Å². The average Bonchev–Trinajstić information content (AvgIpc) is 3.00. The van der Waals surface area contributed by atoms with Gasteiger partial charge in [-0.25, -0.2) is 4.98 Å². The molecule has 0 fully saturated rings. The number of pyridine rings is 1. The van der Waals surface area contributed by atoms with Crippen LogP contribution >= 0.6 is 11.6 Å². The van der Waals surface area contributed by atoms with Gasteiger partial charge in [0.15, 0.2) is 0 Å². The summed E-state index contributed by atoms with van der Waals surface area (Å²) in [6.45, 7) is 0. The van der Waals surface area contributed by atoms with Crippen LogP contribution in [0.1, 0.15) is 5.56 Å². The molecule has 2 N–H and O–H groups in total. The highest BCUT2D eigenvalue weighted by Crippen LogP contribution is 2.39. The van der Waals surface area contributed by atoms with Gasteiger partial charge in [0.2, 0.25) is 0 Å². The molecule has 8 heteroatoms. The summed E-state index contributed by atoms with van der Waals surface area (Å²) in [6.07, 6.45) is -3.64. The molecule has 0 bridgehead atoms. The zero-order valence-electron chi connectivity index (χ0n) is 14.1. The van der Waals surface area contributed by atoms with Crippen molar-refractivity contribution in [2.45, 2.75) is 6.18 Å². The summed E-state index contributed by atoms with van der Waals surface area (Å²) in [6, 6.07) is 12.9. The number of fused-ring (bicyclic) bond motifs is 1. The predicted octanol–water partition coefficient (Wildman–Crippen LogP) is 5.75. The number of hydrogen-bond acceptors (Lipinski definition) is 3. The number of para-hydroxylation sites is 1. The van der Waals surface area contributed by atoms with E-state index in [1.54, 1.807) is 18.2 Å². The Hall–Kier alpha value is -3.19. The standard InChI is InChI=1S/C20H12ClF3N2O2/c21-12-6-7-14(17(28)9-12)19-25-18(13-3-1-2-4-16(13)27)15-8-5-11(10-26(15)19)20(22,23)24/h1-10,27-28H. The molecule has 0 unspecified atom stereocenters. The number of alkyl halides is 3. The van der Waals surface area contributed by atoms with Crippen molar-refractivity contribution in [3.8, 4) is 34.1 Å². The molecule has 0 saturated carbocycles. The summed E-state index contributed by atoms with van der Waals surface area (Å²) in [4.78, 5) is 4.44. The van der Waals surface area contributed by atoms with Gasteiger partial charge in [0.25, 0.3) is 0 Å². The van der Waals surface area contributed by atoms with Gasteiger partial charge < -0.3 is 10.2 Å². The number of rotatable bonds is 2. The third kappa shape index (κ3) is 3.03. The highest BCUT2D eigenvalue weighted by Gasteiger charge is 2.32. The van der Waals surface area contributed by atoms with Crippen LogP contribution in [0.3, 0.4) is 0 Å². The molecule has 4 aromatic rings. The van der Waals surface area contributed by atoms with E-state index in [2.05, 4.69) is 4.98 Å². The van der Waals surface area contributed by atoms with Crippen molar-refractivity contribution >= 4 is 17.1 Å². The number of imidazole rings is 1. The van der Waals surface area contributed by atoms with Crippen molar-refractivity contribution in [3.63, 3.8) is 0 Å². The van der Waals surface area contributed by atoms with Crippen LogP contribution in [0.25, 0.3) is 28.2 Å². The molecule has 2 heterocycles. The van der Waals surface area contributed by atoms with Crippen LogP contribution in [-0.4, -0.2) is 19.6 Å². The fourth-order valence-electron chi connectivity index (χ4n) is 3.01. The van der Waals surface area contributed by atoms with E-state index in [1.807, 2.05) is 0 Å². The number of aromatic hydroxyl groups is 2. The molecular weight excluding hydrogens is 393 g/mol. The fraction of sp³-hybridized carbons (Fsp3) is 0.0500. The van der Waals surface area contributed by atoms with E-state index in [4.69, 9.17) is 11.6 Å². The summed E-state index contributed by atoms with van der Waals surface area (Å²) in [5.41, 5.74) is 0.339. The topological polar surface area (TPSA) is 57.8 Å². The van der Waals surface area contributed by atoms with Gasteiger partial charge in [0.05, 0.1) is 16.6 Å². The zero-order chi connectivity index (χ0) is 20.1. The van der Waals surface area contributed by atoms with Crippen LogP contribution in [-0.2, 0) is 6.18 Å².